The highest BCUT2D eigenvalue weighted by atomic mass is 16.3. The maximum Gasteiger partial charge on any atom is 0.164 e. The fourth-order valence-corrected chi connectivity index (χ4v) is 7.74. The van der Waals surface area contributed by atoms with Crippen molar-refractivity contribution in [1.82, 2.24) is 15.0 Å². The first-order valence-corrected chi connectivity index (χ1v) is 17.2. The number of rotatable bonds is 7. The zero-order chi connectivity index (χ0) is 34.4. The second-order valence-electron chi connectivity index (χ2n) is 12.8. The van der Waals surface area contributed by atoms with Crippen molar-refractivity contribution in [3.8, 4) is 45.3 Å². The highest BCUT2D eigenvalue weighted by Gasteiger charge is 2.47. The lowest BCUT2D eigenvalue weighted by atomic mass is 9.67. The Balaban J connectivity index is 1.32. The molecule has 0 spiro atoms. The molecule has 8 aromatic rings. The van der Waals surface area contributed by atoms with E-state index in [0.29, 0.717) is 17.5 Å². The maximum atomic E-state index is 6.69. The second kappa shape index (κ2) is 12.3. The second-order valence-corrected chi connectivity index (χ2v) is 12.8. The molecule has 9 rings (SSSR count). The molecule has 2 aromatic heterocycles. The molecule has 4 nitrogen and oxygen atoms in total. The third-order valence-electron chi connectivity index (χ3n) is 9.99. The molecule has 0 radical (unpaired) electrons. The summed E-state index contributed by atoms with van der Waals surface area (Å²) in [5.41, 5.74) is 10.9. The van der Waals surface area contributed by atoms with Crippen molar-refractivity contribution < 1.29 is 4.42 Å². The lowest BCUT2D eigenvalue weighted by Gasteiger charge is -2.34. The van der Waals surface area contributed by atoms with Crippen LogP contribution in [-0.2, 0) is 5.41 Å². The van der Waals surface area contributed by atoms with Gasteiger partial charge in [0, 0.05) is 33.0 Å². The lowest BCUT2D eigenvalue weighted by molar-refractivity contribution is 0.668. The van der Waals surface area contributed by atoms with Gasteiger partial charge in [-0.25, -0.2) is 15.0 Å². The van der Waals surface area contributed by atoms with Crippen LogP contribution in [0, 0.1) is 0 Å². The summed E-state index contributed by atoms with van der Waals surface area (Å²) in [6, 6.07) is 50.4. The van der Waals surface area contributed by atoms with Crippen molar-refractivity contribution in [3.63, 3.8) is 0 Å². The van der Waals surface area contributed by atoms with E-state index in [2.05, 4.69) is 98.5 Å². The summed E-state index contributed by atoms with van der Waals surface area (Å²) in [5, 5.41) is 2.23. The van der Waals surface area contributed by atoms with Crippen molar-refractivity contribution in [1.29, 1.82) is 0 Å². The molecule has 2 heterocycles. The number of aromatic nitrogens is 3. The van der Waals surface area contributed by atoms with Crippen LogP contribution in [0.2, 0.25) is 0 Å². The summed E-state index contributed by atoms with van der Waals surface area (Å²) in [6.45, 7) is 6.13. The van der Waals surface area contributed by atoms with Gasteiger partial charge in [-0.1, -0.05) is 170 Å². The molecular weight excluding hydrogens is 623 g/mol. The van der Waals surface area contributed by atoms with E-state index in [-0.39, 0.29) is 0 Å². The zero-order valence-corrected chi connectivity index (χ0v) is 28.1. The molecule has 242 valence electrons. The summed E-state index contributed by atoms with van der Waals surface area (Å²) in [7, 11) is 0. The molecule has 0 saturated heterocycles. The van der Waals surface area contributed by atoms with E-state index in [1.54, 1.807) is 6.08 Å². The molecule has 1 atom stereocenters. The highest BCUT2D eigenvalue weighted by Crippen LogP contribution is 2.58. The van der Waals surface area contributed by atoms with Crippen LogP contribution >= 0.6 is 0 Å². The van der Waals surface area contributed by atoms with E-state index >= 15 is 0 Å². The number of hydrogen-bond donors (Lipinski definition) is 0. The van der Waals surface area contributed by atoms with Gasteiger partial charge < -0.3 is 4.42 Å². The average molecular weight is 656 g/mol. The number of fused-ring (bicyclic) bond motifs is 7. The Labute approximate surface area is 296 Å². The Morgan fingerprint density at radius 2 is 1.22 bits per heavy atom. The fourth-order valence-electron chi connectivity index (χ4n) is 7.74. The first kappa shape index (κ1) is 30.4. The van der Waals surface area contributed by atoms with Gasteiger partial charge in [0.05, 0.1) is 5.41 Å². The molecule has 0 aliphatic heterocycles. The van der Waals surface area contributed by atoms with Gasteiger partial charge in [-0.05, 0) is 41.3 Å². The molecule has 1 aliphatic carbocycles. The van der Waals surface area contributed by atoms with E-state index in [9.17, 15) is 0 Å². The van der Waals surface area contributed by atoms with Crippen LogP contribution in [-0.4, -0.2) is 15.0 Å². The number of nitrogens with zero attached hydrogens (tertiary/aromatic N) is 3. The molecule has 6 aromatic carbocycles. The zero-order valence-electron chi connectivity index (χ0n) is 28.1. The van der Waals surface area contributed by atoms with Crippen LogP contribution in [0.5, 0.6) is 0 Å². The summed E-state index contributed by atoms with van der Waals surface area (Å²) >= 11 is 0. The van der Waals surface area contributed by atoms with Gasteiger partial charge in [0.1, 0.15) is 11.2 Å². The highest BCUT2D eigenvalue weighted by molar-refractivity contribution is 6.12. The van der Waals surface area contributed by atoms with Crippen LogP contribution < -0.4 is 0 Å². The largest absolute Gasteiger partial charge is 0.455 e. The van der Waals surface area contributed by atoms with Crippen molar-refractivity contribution in [2.45, 2.75) is 12.3 Å². The molecule has 1 unspecified atom stereocenters. The van der Waals surface area contributed by atoms with Gasteiger partial charge in [0.15, 0.2) is 17.5 Å². The quantitative estimate of drug-likeness (QED) is 0.160. The Morgan fingerprint density at radius 1 is 0.588 bits per heavy atom. The molecule has 1 aliphatic rings. The Bertz CT molecular complexity index is 2610. The lowest BCUT2D eigenvalue weighted by Crippen LogP contribution is -2.28. The van der Waals surface area contributed by atoms with Gasteiger partial charge >= 0.3 is 0 Å². The minimum atomic E-state index is -0.627. The molecule has 4 heteroatoms. The smallest absolute Gasteiger partial charge is 0.164 e. The Kier molecular flexibility index (Phi) is 7.36. The molecule has 51 heavy (non-hydrogen) atoms. The Hall–Kier alpha value is -6.65. The normalized spacial score (nSPS) is 15.4. The predicted molar refractivity (Wildman–Crippen MR) is 208 cm³/mol. The fraction of sp³-hybridized carbons (Fsp3) is 0.0426. The summed E-state index contributed by atoms with van der Waals surface area (Å²) in [6.07, 6.45) is 8.05. The standard InChI is InChI=1S/C47H33N3O/c1-3-4-7-17-31(2)47(39-26-14-12-25-38(39)42-40(47)29-28-37-36-24-13-15-27-41(36)51-43(37)42)35-23-16-22-34(30-35)46-49-44(32-18-8-5-9-19-32)48-45(50-46)33-20-10-6-11-21-33/h3-30H,1H2,2H3/b7-4-,31-17+. The number of allylic oxidation sites excluding steroid dienone is 5. The van der Waals surface area contributed by atoms with Crippen LogP contribution in [0.15, 0.2) is 186 Å². The van der Waals surface area contributed by atoms with Gasteiger partial charge in [-0.3, -0.25) is 0 Å². The molecule has 0 N–H and O–H groups in total. The monoisotopic (exact) mass is 655 g/mol. The molecule has 0 amide bonds. The summed E-state index contributed by atoms with van der Waals surface area (Å²) < 4.78 is 6.69. The van der Waals surface area contributed by atoms with Gasteiger partial charge in [-0.2, -0.15) is 0 Å². The average Bonchev–Trinajstić information content (AvgIpc) is 3.73. The van der Waals surface area contributed by atoms with Crippen molar-refractivity contribution in [2.24, 2.45) is 0 Å². The number of para-hydroxylation sites is 1. The van der Waals surface area contributed by atoms with E-state index in [1.165, 1.54) is 22.3 Å². The van der Waals surface area contributed by atoms with Crippen LogP contribution in [0.3, 0.4) is 0 Å². The molecule has 0 saturated carbocycles. The first-order chi connectivity index (χ1) is 25.2. The summed E-state index contributed by atoms with van der Waals surface area (Å²) in [5.74, 6) is 1.88. The van der Waals surface area contributed by atoms with Crippen molar-refractivity contribution in [3.05, 3.63) is 199 Å². The topological polar surface area (TPSA) is 51.8 Å². The molecular formula is C47H33N3O. The third-order valence-corrected chi connectivity index (χ3v) is 9.99. The Morgan fingerprint density at radius 3 is 1.94 bits per heavy atom. The van der Waals surface area contributed by atoms with Crippen LogP contribution in [0.1, 0.15) is 23.6 Å². The van der Waals surface area contributed by atoms with E-state index in [4.69, 9.17) is 19.4 Å². The minimum absolute atomic E-state index is 0.618. The number of hydrogen-bond acceptors (Lipinski definition) is 4. The van der Waals surface area contributed by atoms with Crippen molar-refractivity contribution in [2.75, 3.05) is 0 Å². The third kappa shape index (κ3) is 4.87. The predicted octanol–water partition coefficient (Wildman–Crippen LogP) is 11.8. The van der Waals surface area contributed by atoms with Gasteiger partial charge in [0.25, 0.3) is 0 Å². The van der Waals surface area contributed by atoms with Crippen molar-refractivity contribution >= 4 is 21.9 Å². The maximum absolute atomic E-state index is 6.69. The van der Waals surface area contributed by atoms with E-state index in [1.807, 2.05) is 78.9 Å². The first-order valence-electron chi connectivity index (χ1n) is 17.2. The van der Waals surface area contributed by atoms with E-state index in [0.717, 1.165) is 49.8 Å². The van der Waals surface area contributed by atoms with E-state index < -0.39 is 5.41 Å². The number of benzene rings is 6. The van der Waals surface area contributed by atoms with Crippen LogP contribution in [0.25, 0.3) is 67.2 Å². The summed E-state index contributed by atoms with van der Waals surface area (Å²) in [4.78, 5) is 15.1. The SMILES string of the molecule is C=C/C=C\C=C(/C)C1(c2cccc(-c3nc(-c4ccccc4)nc(-c4ccccc4)n3)c2)c2ccccc2-c2c1ccc1c2oc2ccccc21. The van der Waals surface area contributed by atoms with Gasteiger partial charge in [-0.15, -0.1) is 0 Å². The minimum Gasteiger partial charge on any atom is -0.455 e. The molecule has 0 bridgehead atoms. The van der Waals surface area contributed by atoms with Crippen LogP contribution in [0.4, 0.5) is 0 Å². The van der Waals surface area contributed by atoms with Gasteiger partial charge in [0.2, 0.25) is 0 Å². The molecule has 0 fully saturated rings. The number of furan rings is 1.